The Morgan fingerprint density at radius 1 is 1.09 bits per heavy atom. The molecule has 0 bridgehead atoms. The second-order valence-corrected chi connectivity index (χ2v) is 9.00. The first-order valence-electron chi connectivity index (χ1n) is 11.1. The number of carbonyl (C=O) groups is 2. The lowest BCUT2D eigenvalue weighted by Crippen LogP contribution is -2.29. The standard InChI is InChI=1S/C26H28N2O5S.ClH/c1-4-33-26(30)23-20-12-13-28(15-17-8-6-5-7-9-17)16-22(20)34-25(23)27-24(29)19-11-10-18(31-2)14-21(19)32-3;/h5-11,14H,4,12-13,15-16H2,1-3H3,(H,27,29);1H. The van der Waals surface area contributed by atoms with E-state index in [1.54, 1.807) is 32.2 Å². The molecule has 0 spiro atoms. The molecule has 3 aromatic rings. The molecule has 0 atom stereocenters. The number of hydrogen-bond acceptors (Lipinski definition) is 7. The summed E-state index contributed by atoms with van der Waals surface area (Å²) in [6, 6.07) is 15.3. The van der Waals surface area contributed by atoms with Crippen LogP contribution in [0, 0.1) is 0 Å². The molecule has 0 radical (unpaired) electrons. The van der Waals surface area contributed by atoms with Crippen LogP contribution >= 0.6 is 23.7 Å². The Kier molecular flexibility index (Phi) is 9.14. The van der Waals surface area contributed by atoms with Gasteiger partial charge in [-0.2, -0.15) is 0 Å². The van der Waals surface area contributed by atoms with Crippen molar-refractivity contribution in [2.45, 2.75) is 26.4 Å². The molecule has 1 aromatic heterocycles. The lowest BCUT2D eigenvalue weighted by atomic mass is 10.0. The van der Waals surface area contributed by atoms with E-state index in [9.17, 15) is 9.59 Å². The average molecular weight is 517 g/mol. The Hall–Kier alpha value is -3.07. The van der Waals surface area contributed by atoms with E-state index in [1.807, 2.05) is 18.2 Å². The summed E-state index contributed by atoms with van der Waals surface area (Å²) < 4.78 is 15.9. The summed E-state index contributed by atoms with van der Waals surface area (Å²) >= 11 is 1.43. The molecule has 1 aliphatic heterocycles. The van der Waals surface area contributed by atoms with E-state index in [1.165, 1.54) is 24.0 Å². The van der Waals surface area contributed by atoms with Gasteiger partial charge in [0.1, 0.15) is 16.5 Å². The van der Waals surface area contributed by atoms with Crippen LogP contribution in [-0.2, 0) is 24.2 Å². The molecular weight excluding hydrogens is 488 g/mol. The highest BCUT2D eigenvalue weighted by molar-refractivity contribution is 7.17. The first-order valence-corrected chi connectivity index (χ1v) is 12.0. The van der Waals surface area contributed by atoms with Crippen LogP contribution in [0.15, 0.2) is 48.5 Å². The van der Waals surface area contributed by atoms with Crippen LogP contribution in [0.25, 0.3) is 0 Å². The van der Waals surface area contributed by atoms with Gasteiger partial charge < -0.3 is 19.5 Å². The molecule has 186 valence electrons. The normalized spacial score (nSPS) is 12.8. The molecule has 7 nitrogen and oxygen atoms in total. The summed E-state index contributed by atoms with van der Waals surface area (Å²) in [6.07, 6.45) is 0.717. The Morgan fingerprint density at radius 3 is 2.54 bits per heavy atom. The summed E-state index contributed by atoms with van der Waals surface area (Å²) in [7, 11) is 3.05. The molecule has 2 heterocycles. The van der Waals surface area contributed by atoms with Crippen molar-refractivity contribution in [2.24, 2.45) is 0 Å². The van der Waals surface area contributed by atoms with E-state index in [4.69, 9.17) is 14.2 Å². The molecule has 1 amide bonds. The average Bonchev–Trinajstić information content (AvgIpc) is 3.21. The van der Waals surface area contributed by atoms with Gasteiger partial charge in [0.05, 0.1) is 32.0 Å². The van der Waals surface area contributed by atoms with Gasteiger partial charge in [0, 0.05) is 30.6 Å². The highest BCUT2D eigenvalue weighted by Crippen LogP contribution is 2.38. The molecule has 2 aromatic carbocycles. The molecule has 1 aliphatic rings. The van der Waals surface area contributed by atoms with Crippen LogP contribution in [0.3, 0.4) is 0 Å². The number of benzene rings is 2. The number of nitrogens with one attached hydrogen (secondary N) is 1. The van der Waals surface area contributed by atoms with Crippen LogP contribution in [-0.4, -0.2) is 44.1 Å². The monoisotopic (exact) mass is 516 g/mol. The summed E-state index contributed by atoms with van der Waals surface area (Å²) in [5.41, 5.74) is 3.02. The Labute approximate surface area is 215 Å². The van der Waals surface area contributed by atoms with Crippen molar-refractivity contribution in [2.75, 3.05) is 32.7 Å². The van der Waals surface area contributed by atoms with E-state index in [-0.39, 0.29) is 24.9 Å². The van der Waals surface area contributed by atoms with E-state index in [0.717, 1.165) is 23.5 Å². The minimum absolute atomic E-state index is 0. The number of amides is 1. The minimum atomic E-state index is -0.409. The number of nitrogens with zero attached hydrogens (tertiary/aromatic N) is 1. The lowest BCUT2D eigenvalue weighted by Gasteiger charge is -2.27. The van der Waals surface area contributed by atoms with Gasteiger partial charge in [-0.25, -0.2) is 4.79 Å². The van der Waals surface area contributed by atoms with E-state index < -0.39 is 5.97 Å². The van der Waals surface area contributed by atoms with Crippen LogP contribution in [0.5, 0.6) is 11.5 Å². The molecule has 9 heteroatoms. The van der Waals surface area contributed by atoms with Crippen molar-refractivity contribution in [1.82, 2.24) is 4.90 Å². The molecule has 0 unspecified atom stereocenters. The number of fused-ring (bicyclic) bond motifs is 1. The number of esters is 1. The highest BCUT2D eigenvalue weighted by Gasteiger charge is 2.30. The van der Waals surface area contributed by atoms with Crippen molar-refractivity contribution in [3.63, 3.8) is 0 Å². The maximum absolute atomic E-state index is 13.2. The van der Waals surface area contributed by atoms with Gasteiger partial charge in [0.15, 0.2) is 0 Å². The fourth-order valence-electron chi connectivity index (χ4n) is 4.10. The topological polar surface area (TPSA) is 77.1 Å². The third-order valence-corrected chi connectivity index (χ3v) is 6.88. The fraction of sp³-hybridized carbons (Fsp3) is 0.308. The van der Waals surface area contributed by atoms with Crippen LogP contribution in [0.4, 0.5) is 5.00 Å². The van der Waals surface area contributed by atoms with Crippen molar-refractivity contribution >= 4 is 40.6 Å². The number of rotatable bonds is 8. The zero-order valence-corrected chi connectivity index (χ0v) is 21.6. The predicted octanol–water partition coefficient (Wildman–Crippen LogP) is 5.17. The molecular formula is C26H29ClN2O5S. The van der Waals surface area contributed by atoms with Gasteiger partial charge in [-0.05, 0) is 36.6 Å². The Balaban J connectivity index is 0.00000342. The fourth-order valence-corrected chi connectivity index (χ4v) is 5.37. The summed E-state index contributed by atoms with van der Waals surface area (Å²) in [6.45, 7) is 4.41. The molecule has 0 aliphatic carbocycles. The molecule has 35 heavy (non-hydrogen) atoms. The minimum Gasteiger partial charge on any atom is -0.497 e. The van der Waals surface area contributed by atoms with Crippen LogP contribution < -0.4 is 14.8 Å². The molecule has 1 N–H and O–H groups in total. The van der Waals surface area contributed by atoms with Gasteiger partial charge in [-0.15, -0.1) is 23.7 Å². The number of carbonyl (C=O) groups excluding carboxylic acids is 2. The maximum Gasteiger partial charge on any atom is 0.341 e. The van der Waals surface area contributed by atoms with Crippen LogP contribution in [0.2, 0.25) is 0 Å². The second-order valence-electron chi connectivity index (χ2n) is 7.89. The van der Waals surface area contributed by atoms with Crippen molar-refractivity contribution in [3.05, 3.63) is 75.7 Å². The number of ether oxygens (including phenoxy) is 3. The first-order chi connectivity index (χ1) is 16.5. The smallest absolute Gasteiger partial charge is 0.341 e. The quantitative estimate of drug-likeness (QED) is 0.416. The van der Waals surface area contributed by atoms with Gasteiger partial charge in [-0.3, -0.25) is 9.69 Å². The Morgan fingerprint density at radius 2 is 1.86 bits per heavy atom. The third-order valence-electron chi connectivity index (χ3n) is 5.74. The second kappa shape index (κ2) is 12.1. The largest absolute Gasteiger partial charge is 0.497 e. The van der Waals surface area contributed by atoms with E-state index >= 15 is 0 Å². The van der Waals surface area contributed by atoms with E-state index in [0.29, 0.717) is 40.6 Å². The third kappa shape index (κ3) is 5.96. The van der Waals surface area contributed by atoms with E-state index in [2.05, 4.69) is 22.3 Å². The van der Waals surface area contributed by atoms with Crippen LogP contribution in [0.1, 0.15) is 43.6 Å². The first kappa shape index (κ1) is 26.5. The van der Waals surface area contributed by atoms with Gasteiger partial charge in [0.25, 0.3) is 5.91 Å². The Bertz CT molecular complexity index is 1180. The summed E-state index contributed by atoms with van der Waals surface area (Å²) in [5, 5.41) is 3.45. The van der Waals surface area contributed by atoms with Crippen molar-refractivity contribution in [1.29, 1.82) is 0 Å². The lowest BCUT2D eigenvalue weighted by molar-refractivity contribution is 0.0526. The molecule has 4 rings (SSSR count). The number of anilines is 1. The molecule has 0 saturated carbocycles. The van der Waals surface area contributed by atoms with Crippen molar-refractivity contribution in [3.8, 4) is 11.5 Å². The summed E-state index contributed by atoms with van der Waals surface area (Å²) in [5.74, 6) is 0.217. The van der Waals surface area contributed by atoms with Gasteiger partial charge in [0.2, 0.25) is 0 Å². The molecule has 0 saturated heterocycles. The number of hydrogen-bond donors (Lipinski definition) is 1. The highest BCUT2D eigenvalue weighted by atomic mass is 35.5. The zero-order valence-electron chi connectivity index (χ0n) is 20.0. The summed E-state index contributed by atoms with van der Waals surface area (Å²) in [4.78, 5) is 29.5. The number of halogens is 1. The van der Waals surface area contributed by atoms with Gasteiger partial charge >= 0.3 is 5.97 Å². The maximum atomic E-state index is 13.2. The number of methoxy groups -OCH3 is 2. The molecule has 0 fully saturated rings. The predicted molar refractivity (Wildman–Crippen MR) is 139 cm³/mol. The number of thiophene rings is 1. The van der Waals surface area contributed by atoms with Gasteiger partial charge in [-0.1, -0.05) is 30.3 Å². The zero-order chi connectivity index (χ0) is 24.1. The SMILES string of the molecule is CCOC(=O)c1c(NC(=O)c2ccc(OC)cc2OC)sc2c1CCN(Cc1ccccc1)C2.Cl. The van der Waals surface area contributed by atoms with Crippen molar-refractivity contribution < 1.29 is 23.8 Å².